The van der Waals surface area contributed by atoms with Crippen LogP contribution in [0.15, 0.2) is 47.4 Å². The van der Waals surface area contributed by atoms with Crippen molar-refractivity contribution >= 4 is 10.0 Å². The third-order valence-electron chi connectivity index (χ3n) is 3.65. The van der Waals surface area contributed by atoms with Gasteiger partial charge in [0.1, 0.15) is 13.2 Å². The van der Waals surface area contributed by atoms with Gasteiger partial charge in [-0.05, 0) is 31.0 Å². The van der Waals surface area contributed by atoms with Gasteiger partial charge in [0.05, 0.1) is 4.90 Å². The summed E-state index contributed by atoms with van der Waals surface area (Å²) >= 11 is 0. The summed E-state index contributed by atoms with van der Waals surface area (Å²) in [6, 6.07) is 12.7. The van der Waals surface area contributed by atoms with Gasteiger partial charge in [-0.25, -0.2) is 13.1 Å². The van der Waals surface area contributed by atoms with E-state index >= 15 is 0 Å². The third-order valence-corrected chi connectivity index (χ3v) is 5.11. The van der Waals surface area contributed by atoms with E-state index in [2.05, 4.69) is 4.72 Å². The molecule has 1 heterocycles. The molecule has 0 radical (unpaired) electrons. The van der Waals surface area contributed by atoms with Crippen molar-refractivity contribution in [1.82, 2.24) is 4.72 Å². The number of ether oxygens (including phenoxy) is 2. The normalized spacial score (nSPS) is 13.8. The smallest absolute Gasteiger partial charge is 0.240 e. The molecule has 0 aliphatic carbocycles. The van der Waals surface area contributed by atoms with Crippen molar-refractivity contribution < 1.29 is 17.9 Å². The number of nitrogens with one attached hydrogen (secondary N) is 1. The van der Waals surface area contributed by atoms with Crippen LogP contribution in [0.2, 0.25) is 0 Å². The van der Waals surface area contributed by atoms with Crippen LogP contribution in [-0.4, -0.2) is 28.2 Å². The Balaban J connectivity index is 1.65. The molecule has 5 nitrogen and oxygen atoms in total. The van der Waals surface area contributed by atoms with Crippen LogP contribution in [0.25, 0.3) is 0 Å². The Morgan fingerprint density at radius 3 is 2.43 bits per heavy atom. The fourth-order valence-corrected chi connectivity index (χ4v) is 3.41. The molecule has 1 aliphatic heterocycles. The molecule has 2 aromatic rings. The van der Waals surface area contributed by atoms with Crippen molar-refractivity contribution in [2.24, 2.45) is 0 Å². The SMILES string of the molecule is Cc1ccc(CCNS(=O)(=O)c2ccc3c(c2)OCCO3)cc1. The fourth-order valence-electron chi connectivity index (χ4n) is 2.36. The molecule has 0 aromatic heterocycles. The van der Waals surface area contributed by atoms with Gasteiger partial charge in [-0.2, -0.15) is 0 Å². The highest BCUT2D eigenvalue weighted by molar-refractivity contribution is 7.89. The number of aryl methyl sites for hydroxylation is 1. The number of hydrogen-bond donors (Lipinski definition) is 1. The van der Waals surface area contributed by atoms with Crippen LogP contribution < -0.4 is 14.2 Å². The minimum Gasteiger partial charge on any atom is -0.486 e. The van der Waals surface area contributed by atoms with Crippen molar-refractivity contribution in [2.75, 3.05) is 19.8 Å². The number of fused-ring (bicyclic) bond motifs is 1. The lowest BCUT2D eigenvalue weighted by atomic mass is 10.1. The number of hydrogen-bond acceptors (Lipinski definition) is 4. The van der Waals surface area contributed by atoms with Crippen LogP contribution in [0.1, 0.15) is 11.1 Å². The van der Waals surface area contributed by atoms with E-state index in [1.807, 2.05) is 31.2 Å². The van der Waals surface area contributed by atoms with Gasteiger partial charge in [0.25, 0.3) is 0 Å². The molecular weight excluding hydrogens is 314 g/mol. The molecule has 0 unspecified atom stereocenters. The predicted molar refractivity (Wildman–Crippen MR) is 87.5 cm³/mol. The van der Waals surface area contributed by atoms with Crippen molar-refractivity contribution in [2.45, 2.75) is 18.2 Å². The number of rotatable bonds is 5. The molecule has 0 saturated heterocycles. The van der Waals surface area contributed by atoms with Crippen LogP contribution in [0.3, 0.4) is 0 Å². The highest BCUT2D eigenvalue weighted by Crippen LogP contribution is 2.32. The van der Waals surface area contributed by atoms with E-state index < -0.39 is 10.0 Å². The van der Waals surface area contributed by atoms with Crippen LogP contribution in [0, 0.1) is 6.92 Å². The molecule has 1 N–H and O–H groups in total. The van der Waals surface area contributed by atoms with E-state index in [9.17, 15) is 8.42 Å². The first kappa shape index (κ1) is 15.8. The molecule has 2 aromatic carbocycles. The van der Waals surface area contributed by atoms with E-state index in [1.165, 1.54) is 17.7 Å². The number of benzene rings is 2. The summed E-state index contributed by atoms with van der Waals surface area (Å²) in [5.74, 6) is 1.05. The Morgan fingerprint density at radius 1 is 1.00 bits per heavy atom. The summed E-state index contributed by atoms with van der Waals surface area (Å²) in [6.45, 7) is 3.28. The summed E-state index contributed by atoms with van der Waals surface area (Å²) in [6.07, 6.45) is 0.643. The van der Waals surface area contributed by atoms with E-state index in [-0.39, 0.29) is 4.90 Å². The standard InChI is InChI=1S/C17H19NO4S/c1-13-2-4-14(5-3-13)8-9-18-23(19,20)15-6-7-16-17(12-15)22-11-10-21-16/h2-7,12,18H,8-11H2,1H3. The van der Waals surface area contributed by atoms with Gasteiger partial charge >= 0.3 is 0 Å². The van der Waals surface area contributed by atoms with E-state index in [0.29, 0.717) is 37.7 Å². The molecule has 1 aliphatic rings. The first-order valence-electron chi connectivity index (χ1n) is 7.49. The lowest BCUT2D eigenvalue weighted by Crippen LogP contribution is -2.26. The van der Waals surface area contributed by atoms with Crippen molar-refractivity contribution in [3.8, 4) is 11.5 Å². The van der Waals surface area contributed by atoms with Crippen molar-refractivity contribution in [3.05, 3.63) is 53.6 Å². The lowest BCUT2D eigenvalue weighted by molar-refractivity contribution is 0.171. The Bertz CT molecular complexity index is 785. The summed E-state index contributed by atoms with van der Waals surface area (Å²) in [5.41, 5.74) is 2.28. The topological polar surface area (TPSA) is 64.6 Å². The van der Waals surface area contributed by atoms with E-state index in [4.69, 9.17) is 9.47 Å². The molecule has 6 heteroatoms. The Hall–Kier alpha value is -2.05. The van der Waals surface area contributed by atoms with Gasteiger partial charge in [0.15, 0.2) is 11.5 Å². The maximum atomic E-state index is 12.4. The predicted octanol–water partition coefficient (Wildman–Crippen LogP) is 2.29. The third kappa shape index (κ3) is 3.83. The maximum Gasteiger partial charge on any atom is 0.240 e. The fraction of sp³-hybridized carbons (Fsp3) is 0.294. The number of sulfonamides is 1. The monoisotopic (exact) mass is 333 g/mol. The van der Waals surface area contributed by atoms with E-state index in [1.54, 1.807) is 6.07 Å². The first-order valence-corrected chi connectivity index (χ1v) is 8.98. The van der Waals surface area contributed by atoms with Gasteiger partial charge in [0.2, 0.25) is 10.0 Å². The van der Waals surface area contributed by atoms with Crippen LogP contribution in [0.5, 0.6) is 11.5 Å². The van der Waals surface area contributed by atoms with E-state index in [0.717, 1.165) is 5.56 Å². The summed E-state index contributed by atoms with van der Waals surface area (Å²) in [7, 11) is -3.56. The van der Waals surface area contributed by atoms with Gasteiger partial charge in [-0.3, -0.25) is 0 Å². The molecule has 122 valence electrons. The second kappa shape index (κ2) is 6.60. The average Bonchev–Trinajstić information content (AvgIpc) is 2.56. The molecule has 0 bridgehead atoms. The second-order valence-electron chi connectivity index (χ2n) is 5.44. The maximum absolute atomic E-state index is 12.4. The second-order valence-corrected chi connectivity index (χ2v) is 7.21. The summed E-state index contributed by atoms with van der Waals surface area (Å²) < 4.78 is 38.2. The lowest BCUT2D eigenvalue weighted by Gasteiger charge is -2.18. The zero-order chi connectivity index (χ0) is 16.3. The molecule has 0 fully saturated rings. The average molecular weight is 333 g/mol. The quantitative estimate of drug-likeness (QED) is 0.912. The molecule has 0 amide bonds. The highest BCUT2D eigenvalue weighted by atomic mass is 32.2. The van der Waals surface area contributed by atoms with Crippen LogP contribution in [0.4, 0.5) is 0 Å². The summed E-state index contributed by atoms with van der Waals surface area (Å²) in [5, 5.41) is 0. The Kier molecular flexibility index (Phi) is 4.54. The molecule has 23 heavy (non-hydrogen) atoms. The highest BCUT2D eigenvalue weighted by Gasteiger charge is 2.18. The largest absolute Gasteiger partial charge is 0.486 e. The van der Waals surface area contributed by atoms with Gasteiger partial charge in [-0.1, -0.05) is 29.8 Å². The zero-order valence-electron chi connectivity index (χ0n) is 12.9. The summed E-state index contributed by atoms with van der Waals surface area (Å²) in [4.78, 5) is 0.186. The molecule has 3 rings (SSSR count). The minimum atomic E-state index is -3.56. The van der Waals surface area contributed by atoms with Crippen molar-refractivity contribution in [3.63, 3.8) is 0 Å². The zero-order valence-corrected chi connectivity index (χ0v) is 13.7. The van der Waals surface area contributed by atoms with Gasteiger partial charge in [-0.15, -0.1) is 0 Å². The van der Waals surface area contributed by atoms with Crippen LogP contribution >= 0.6 is 0 Å². The molecule has 0 spiro atoms. The van der Waals surface area contributed by atoms with Crippen molar-refractivity contribution in [1.29, 1.82) is 0 Å². The molecule has 0 atom stereocenters. The van der Waals surface area contributed by atoms with Gasteiger partial charge < -0.3 is 9.47 Å². The van der Waals surface area contributed by atoms with Gasteiger partial charge in [0, 0.05) is 12.6 Å². The Labute approximate surface area is 136 Å². The van der Waals surface area contributed by atoms with Crippen LogP contribution in [-0.2, 0) is 16.4 Å². The Morgan fingerprint density at radius 2 is 1.70 bits per heavy atom. The molecular formula is C17H19NO4S. The molecule has 0 saturated carbocycles. The first-order chi connectivity index (χ1) is 11.0. The minimum absolute atomic E-state index is 0.186.